The standard InChI is InChI=1S/C9H6N4S/c1-3-10-9-12-11-6-13(9)8(1)7-2-4-14-5-7/h1-6H. The molecule has 3 aromatic heterocycles. The van der Waals surface area contributed by atoms with Crippen molar-refractivity contribution in [2.75, 3.05) is 0 Å². The first kappa shape index (κ1) is 7.64. The van der Waals surface area contributed by atoms with Gasteiger partial charge in [0.2, 0.25) is 0 Å². The fraction of sp³-hybridized carbons (Fsp3) is 0. The third-order valence-corrected chi connectivity index (χ3v) is 2.71. The fourth-order valence-electron chi connectivity index (χ4n) is 1.39. The minimum absolute atomic E-state index is 0.633. The Hall–Kier alpha value is -1.75. The van der Waals surface area contributed by atoms with Crippen LogP contribution in [0.25, 0.3) is 17.0 Å². The second-order valence-electron chi connectivity index (χ2n) is 2.84. The molecule has 0 amide bonds. The van der Waals surface area contributed by atoms with Gasteiger partial charge in [-0.05, 0) is 17.5 Å². The van der Waals surface area contributed by atoms with Gasteiger partial charge >= 0.3 is 0 Å². The Morgan fingerprint density at radius 3 is 3.14 bits per heavy atom. The molecule has 0 unspecified atom stereocenters. The van der Waals surface area contributed by atoms with Crippen LogP contribution in [0.4, 0.5) is 0 Å². The second-order valence-corrected chi connectivity index (χ2v) is 3.62. The Balaban J connectivity index is 2.36. The highest BCUT2D eigenvalue weighted by Gasteiger charge is 2.04. The molecule has 3 aromatic rings. The second kappa shape index (κ2) is 2.88. The Labute approximate surface area is 83.9 Å². The molecule has 5 heteroatoms. The Morgan fingerprint density at radius 1 is 1.29 bits per heavy atom. The minimum Gasteiger partial charge on any atom is -0.265 e. The molecule has 3 rings (SSSR count). The summed E-state index contributed by atoms with van der Waals surface area (Å²) in [6.45, 7) is 0. The van der Waals surface area contributed by atoms with Gasteiger partial charge in [0.05, 0.1) is 5.69 Å². The number of aromatic nitrogens is 4. The summed E-state index contributed by atoms with van der Waals surface area (Å²) in [4.78, 5) is 4.10. The van der Waals surface area contributed by atoms with Crippen molar-refractivity contribution in [1.29, 1.82) is 0 Å². The first-order valence-electron chi connectivity index (χ1n) is 4.12. The van der Waals surface area contributed by atoms with E-state index >= 15 is 0 Å². The summed E-state index contributed by atoms with van der Waals surface area (Å²) >= 11 is 1.67. The lowest BCUT2D eigenvalue weighted by molar-refractivity contribution is 1.10. The van der Waals surface area contributed by atoms with Gasteiger partial charge in [-0.25, -0.2) is 4.98 Å². The van der Waals surface area contributed by atoms with Gasteiger partial charge in [0, 0.05) is 17.1 Å². The average molecular weight is 202 g/mol. The molecule has 0 atom stereocenters. The van der Waals surface area contributed by atoms with Gasteiger partial charge in [0.25, 0.3) is 5.78 Å². The maximum absolute atomic E-state index is 4.10. The Kier molecular flexibility index (Phi) is 1.57. The summed E-state index contributed by atoms with van der Waals surface area (Å²) in [6, 6.07) is 4.03. The summed E-state index contributed by atoms with van der Waals surface area (Å²) in [5.41, 5.74) is 2.24. The van der Waals surface area contributed by atoms with Crippen LogP contribution in [-0.2, 0) is 0 Å². The largest absolute Gasteiger partial charge is 0.265 e. The van der Waals surface area contributed by atoms with Crippen LogP contribution < -0.4 is 0 Å². The molecule has 0 saturated carbocycles. The summed E-state index contributed by atoms with van der Waals surface area (Å²) in [7, 11) is 0. The van der Waals surface area contributed by atoms with Crippen molar-refractivity contribution in [1.82, 2.24) is 19.6 Å². The molecule has 14 heavy (non-hydrogen) atoms. The summed E-state index contributed by atoms with van der Waals surface area (Å²) in [5, 5.41) is 11.9. The van der Waals surface area contributed by atoms with Gasteiger partial charge in [-0.2, -0.15) is 11.3 Å². The number of fused-ring (bicyclic) bond motifs is 1. The molecule has 0 aliphatic heterocycles. The number of thiophene rings is 1. The van der Waals surface area contributed by atoms with Crippen LogP contribution in [0.3, 0.4) is 0 Å². The third-order valence-electron chi connectivity index (χ3n) is 2.03. The molecule has 0 N–H and O–H groups in total. The van der Waals surface area contributed by atoms with E-state index in [4.69, 9.17) is 0 Å². The Bertz CT molecular complexity index is 555. The number of rotatable bonds is 1. The maximum atomic E-state index is 4.10. The zero-order valence-corrected chi connectivity index (χ0v) is 7.98. The molecule has 3 heterocycles. The number of hydrogen-bond donors (Lipinski definition) is 0. The van der Waals surface area contributed by atoms with E-state index in [-0.39, 0.29) is 0 Å². The van der Waals surface area contributed by atoms with Crippen LogP contribution in [0.15, 0.2) is 35.4 Å². The molecular weight excluding hydrogens is 196 g/mol. The lowest BCUT2D eigenvalue weighted by atomic mass is 10.2. The molecule has 0 bridgehead atoms. The van der Waals surface area contributed by atoms with E-state index in [0.717, 1.165) is 5.69 Å². The molecule has 0 aromatic carbocycles. The predicted octanol–water partition coefficient (Wildman–Crippen LogP) is 1.85. The molecule has 0 spiro atoms. The summed E-state index contributed by atoms with van der Waals surface area (Å²) < 4.78 is 1.88. The minimum atomic E-state index is 0.633. The molecule has 68 valence electrons. The molecule has 0 saturated heterocycles. The van der Waals surface area contributed by atoms with E-state index in [2.05, 4.69) is 26.6 Å². The zero-order valence-electron chi connectivity index (χ0n) is 7.16. The van der Waals surface area contributed by atoms with Gasteiger partial charge < -0.3 is 0 Å². The van der Waals surface area contributed by atoms with E-state index in [1.54, 1.807) is 23.9 Å². The first-order valence-corrected chi connectivity index (χ1v) is 5.07. The van der Waals surface area contributed by atoms with Crippen LogP contribution in [0, 0.1) is 0 Å². The summed E-state index contributed by atoms with van der Waals surface area (Å²) in [5.74, 6) is 0.633. The van der Waals surface area contributed by atoms with Gasteiger partial charge in [-0.15, -0.1) is 10.2 Å². The highest BCUT2D eigenvalue weighted by molar-refractivity contribution is 7.08. The lowest BCUT2D eigenvalue weighted by Crippen LogP contribution is -1.91. The number of hydrogen-bond acceptors (Lipinski definition) is 4. The molecule has 0 radical (unpaired) electrons. The van der Waals surface area contributed by atoms with Crippen molar-refractivity contribution in [3.63, 3.8) is 0 Å². The topological polar surface area (TPSA) is 43.1 Å². The fourth-order valence-corrected chi connectivity index (χ4v) is 2.04. The van der Waals surface area contributed by atoms with E-state index in [0.29, 0.717) is 5.78 Å². The van der Waals surface area contributed by atoms with Crippen molar-refractivity contribution < 1.29 is 0 Å². The molecule has 0 aliphatic rings. The van der Waals surface area contributed by atoms with Crippen LogP contribution >= 0.6 is 11.3 Å². The predicted molar refractivity (Wildman–Crippen MR) is 54.1 cm³/mol. The lowest BCUT2D eigenvalue weighted by Gasteiger charge is -1.99. The van der Waals surface area contributed by atoms with Crippen LogP contribution in [0.1, 0.15) is 0 Å². The van der Waals surface area contributed by atoms with Crippen molar-refractivity contribution in [2.45, 2.75) is 0 Å². The van der Waals surface area contributed by atoms with Gasteiger partial charge in [0.15, 0.2) is 0 Å². The van der Waals surface area contributed by atoms with Crippen LogP contribution in [-0.4, -0.2) is 19.6 Å². The SMILES string of the molecule is c1cc(-c2ccsc2)n2cnnc2n1. The van der Waals surface area contributed by atoms with Gasteiger partial charge in [-0.1, -0.05) is 0 Å². The molecule has 0 fully saturated rings. The third kappa shape index (κ3) is 1.03. The highest BCUT2D eigenvalue weighted by Crippen LogP contribution is 2.21. The smallest absolute Gasteiger partial charge is 0.255 e. The molecule has 4 nitrogen and oxygen atoms in total. The van der Waals surface area contributed by atoms with Crippen molar-refractivity contribution >= 4 is 17.1 Å². The highest BCUT2D eigenvalue weighted by atomic mass is 32.1. The van der Waals surface area contributed by atoms with Crippen LogP contribution in [0.2, 0.25) is 0 Å². The summed E-state index contributed by atoms with van der Waals surface area (Å²) in [6.07, 6.45) is 3.42. The zero-order chi connectivity index (χ0) is 9.38. The average Bonchev–Trinajstić information content (AvgIpc) is 2.88. The van der Waals surface area contributed by atoms with Gasteiger partial charge in [0.1, 0.15) is 6.33 Å². The first-order chi connectivity index (χ1) is 6.95. The van der Waals surface area contributed by atoms with Crippen molar-refractivity contribution in [3.05, 3.63) is 35.4 Å². The van der Waals surface area contributed by atoms with Crippen LogP contribution in [0.5, 0.6) is 0 Å². The van der Waals surface area contributed by atoms with E-state index < -0.39 is 0 Å². The molecular formula is C9H6N4S. The quantitative estimate of drug-likeness (QED) is 0.604. The van der Waals surface area contributed by atoms with E-state index in [9.17, 15) is 0 Å². The monoisotopic (exact) mass is 202 g/mol. The normalized spacial score (nSPS) is 10.9. The Morgan fingerprint density at radius 2 is 2.29 bits per heavy atom. The maximum Gasteiger partial charge on any atom is 0.255 e. The van der Waals surface area contributed by atoms with Crippen molar-refractivity contribution in [3.8, 4) is 11.3 Å². The van der Waals surface area contributed by atoms with E-state index in [1.165, 1.54) is 5.56 Å². The van der Waals surface area contributed by atoms with E-state index in [1.807, 2.05) is 15.8 Å². The number of nitrogens with zero attached hydrogens (tertiary/aromatic N) is 4. The van der Waals surface area contributed by atoms with Crippen molar-refractivity contribution in [2.24, 2.45) is 0 Å². The van der Waals surface area contributed by atoms with Gasteiger partial charge in [-0.3, -0.25) is 4.40 Å². The molecule has 0 aliphatic carbocycles.